The molecule has 7 heteroatoms. The van der Waals surface area contributed by atoms with Crippen molar-refractivity contribution in [3.63, 3.8) is 0 Å². The topological polar surface area (TPSA) is 66.8 Å². The molecule has 0 aliphatic carbocycles. The number of aromatic nitrogens is 1. The number of nitrogens with zero attached hydrogens (tertiary/aromatic N) is 1. The first kappa shape index (κ1) is 25.1. The van der Waals surface area contributed by atoms with Gasteiger partial charge in [0, 0.05) is 29.6 Å². The second-order valence-electron chi connectivity index (χ2n) is 7.77. The van der Waals surface area contributed by atoms with Crippen LogP contribution in [0, 0.1) is 13.8 Å². The van der Waals surface area contributed by atoms with Crippen LogP contribution in [0.2, 0.25) is 5.02 Å². The summed E-state index contributed by atoms with van der Waals surface area (Å²) in [5, 5.41) is 0.354. The Bertz CT molecular complexity index is 1200. The number of aryl methyl sites for hydroxylation is 2. The van der Waals surface area contributed by atoms with Crippen molar-refractivity contribution in [1.29, 1.82) is 0 Å². The zero-order valence-electron chi connectivity index (χ0n) is 19.8. The summed E-state index contributed by atoms with van der Waals surface area (Å²) in [5.74, 6) is -0.0104. The first-order chi connectivity index (χ1) is 16.3. The van der Waals surface area contributed by atoms with E-state index < -0.39 is 5.97 Å². The molecule has 0 spiro atoms. The number of benzene rings is 2. The van der Waals surface area contributed by atoms with Gasteiger partial charge in [-0.2, -0.15) is 0 Å². The number of ketones is 1. The Balaban J connectivity index is 1.60. The molecule has 0 radical (unpaired) electrons. The lowest BCUT2D eigenvalue weighted by Crippen LogP contribution is -2.14. The molecule has 0 aliphatic rings. The summed E-state index contributed by atoms with van der Waals surface area (Å²) < 4.78 is 17.7. The maximum Gasteiger partial charge on any atom is 0.331 e. The molecule has 0 N–H and O–H groups in total. The quantitative estimate of drug-likeness (QED) is 0.218. The van der Waals surface area contributed by atoms with E-state index in [0.717, 1.165) is 24.4 Å². The lowest BCUT2D eigenvalue weighted by atomic mass is 10.1. The number of halogens is 1. The molecule has 1 heterocycles. The molecule has 178 valence electrons. The van der Waals surface area contributed by atoms with Crippen LogP contribution in [0.4, 0.5) is 0 Å². The maximum absolute atomic E-state index is 12.7. The van der Waals surface area contributed by atoms with E-state index in [-0.39, 0.29) is 12.4 Å². The maximum atomic E-state index is 12.7. The highest BCUT2D eigenvalue weighted by molar-refractivity contribution is 6.32. The van der Waals surface area contributed by atoms with Crippen molar-refractivity contribution in [2.75, 3.05) is 20.8 Å². The van der Waals surface area contributed by atoms with Gasteiger partial charge in [-0.1, -0.05) is 41.9 Å². The number of esters is 1. The van der Waals surface area contributed by atoms with Crippen LogP contribution in [-0.2, 0) is 22.5 Å². The van der Waals surface area contributed by atoms with E-state index in [2.05, 4.69) is 16.7 Å². The third kappa shape index (κ3) is 6.08. The molecule has 1 aromatic heterocycles. The standard InChI is InChI=1S/C27H28ClNO5/c1-18-14-22(19(2)29(18)13-12-20-8-6-5-7-9-20)24(30)17-34-26(31)11-10-21-15-23(28)27(33-4)25(16-21)32-3/h5-11,14-16H,12-13,17H2,1-4H3/b11-10+. The van der Waals surface area contributed by atoms with Gasteiger partial charge in [-0.15, -0.1) is 0 Å². The van der Waals surface area contributed by atoms with Crippen LogP contribution in [-0.4, -0.2) is 37.1 Å². The molecule has 0 saturated heterocycles. The van der Waals surface area contributed by atoms with E-state index in [1.54, 1.807) is 12.1 Å². The fraction of sp³-hybridized carbons (Fsp3) is 0.259. The van der Waals surface area contributed by atoms with Gasteiger partial charge in [0.1, 0.15) is 0 Å². The average Bonchev–Trinajstić information content (AvgIpc) is 3.13. The first-order valence-electron chi connectivity index (χ1n) is 10.8. The molecule has 0 unspecified atom stereocenters. The predicted molar refractivity (Wildman–Crippen MR) is 133 cm³/mol. The van der Waals surface area contributed by atoms with Crippen molar-refractivity contribution in [2.24, 2.45) is 0 Å². The lowest BCUT2D eigenvalue weighted by Gasteiger charge is -2.10. The van der Waals surface area contributed by atoms with E-state index in [1.165, 1.54) is 31.9 Å². The van der Waals surface area contributed by atoms with Gasteiger partial charge < -0.3 is 18.8 Å². The Kier molecular flexibility index (Phi) is 8.55. The minimum atomic E-state index is -0.628. The summed E-state index contributed by atoms with van der Waals surface area (Å²) in [7, 11) is 2.99. The van der Waals surface area contributed by atoms with E-state index in [0.29, 0.717) is 27.6 Å². The number of rotatable bonds is 10. The highest BCUT2D eigenvalue weighted by Gasteiger charge is 2.17. The Labute approximate surface area is 204 Å². The highest BCUT2D eigenvalue weighted by atomic mass is 35.5. The van der Waals surface area contributed by atoms with Gasteiger partial charge >= 0.3 is 5.97 Å². The van der Waals surface area contributed by atoms with Crippen LogP contribution in [0.1, 0.15) is 32.9 Å². The van der Waals surface area contributed by atoms with Crippen molar-refractivity contribution in [3.8, 4) is 11.5 Å². The third-order valence-electron chi connectivity index (χ3n) is 5.55. The second kappa shape index (κ2) is 11.6. The molecule has 0 atom stereocenters. The summed E-state index contributed by atoms with van der Waals surface area (Å²) in [4.78, 5) is 24.9. The number of hydrogen-bond acceptors (Lipinski definition) is 5. The fourth-order valence-electron chi connectivity index (χ4n) is 3.77. The molecule has 0 saturated carbocycles. The number of hydrogen-bond donors (Lipinski definition) is 0. The normalized spacial score (nSPS) is 11.0. The second-order valence-corrected chi connectivity index (χ2v) is 8.18. The Morgan fingerprint density at radius 1 is 1.03 bits per heavy atom. The monoisotopic (exact) mass is 481 g/mol. The number of ether oxygens (including phenoxy) is 3. The van der Waals surface area contributed by atoms with Crippen molar-refractivity contribution in [3.05, 3.63) is 87.7 Å². The molecule has 6 nitrogen and oxygen atoms in total. The van der Waals surface area contributed by atoms with Crippen LogP contribution in [0.5, 0.6) is 11.5 Å². The predicted octanol–water partition coefficient (Wildman–Crippen LogP) is 5.46. The summed E-state index contributed by atoms with van der Waals surface area (Å²) in [5.41, 5.74) is 4.29. The highest BCUT2D eigenvalue weighted by Crippen LogP contribution is 2.36. The Morgan fingerprint density at radius 2 is 1.76 bits per heavy atom. The molecule has 2 aromatic carbocycles. The number of Topliss-reactive ketones (excluding diaryl/α,β-unsaturated/α-hetero) is 1. The number of methoxy groups -OCH3 is 2. The van der Waals surface area contributed by atoms with Crippen LogP contribution in [0.3, 0.4) is 0 Å². The van der Waals surface area contributed by atoms with Gasteiger partial charge in [-0.3, -0.25) is 4.79 Å². The molecule has 0 amide bonds. The molecular formula is C27H28ClNO5. The molecule has 3 aromatic rings. The van der Waals surface area contributed by atoms with E-state index in [9.17, 15) is 9.59 Å². The summed E-state index contributed by atoms with van der Waals surface area (Å²) in [6.45, 7) is 4.32. The minimum absolute atomic E-state index is 0.241. The van der Waals surface area contributed by atoms with E-state index >= 15 is 0 Å². The molecular weight excluding hydrogens is 454 g/mol. The summed E-state index contributed by atoms with van der Waals surface area (Å²) >= 11 is 6.18. The van der Waals surface area contributed by atoms with Crippen molar-refractivity contribution < 1.29 is 23.8 Å². The van der Waals surface area contributed by atoms with Crippen LogP contribution in [0.15, 0.2) is 54.6 Å². The van der Waals surface area contributed by atoms with E-state index in [4.69, 9.17) is 25.8 Å². The third-order valence-corrected chi connectivity index (χ3v) is 5.83. The van der Waals surface area contributed by atoms with Gasteiger partial charge in [0.15, 0.2) is 18.1 Å². The van der Waals surface area contributed by atoms with Gasteiger partial charge in [-0.05, 0) is 55.7 Å². The van der Waals surface area contributed by atoms with Gasteiger partial charge in [-0.25, -0.2) is 4.79 Å². The summed E-state index contributed by atoms with van der Waals surface area (Å²) in [6, 6.07) is 15.4. The first-order valence-corrected chi connectivity index (χ1v) is 11.2. The lowest BCUT2D eigenvalue weighted by molar-refractivity contribution is -0.136. The SMILES string of the molecule is COc1cc(/C=C/C(=O)OCC(=O)c2cc(C)n(CCc3ccccc3)c2C)cc(Cl)c1OC. The van der Waals surface area contributed by atoms with Crippen LogP contribution >= 0.6 is 11.6 Å². The van der Waals surface area contributed by atoms with Gasteiger partial charge in [0.25, 0.3) is 0 Å². The van der Waals surface area contributed by atoms with Crippen LogP contribution in [0.25, 0.3) is 6.08 Å². The smallest absolute Gasteiger partial charge is 0.331 e. The zero-order chi connectivity index (χ0) is 24.7. The van der Waals surface area contributed by atoms with Crippen molar-refractivity contribution in [2.45, 2.75) is 26.8 Å². The van der Waals surface area contributed by atoms with Gasteiger partial charge in [0.2, 0.25) is 5.78 Å². The van der Waals surface area contributed by atoms with Gasteiger partial charge in [0.05, 0.1) is 19.2 Å². The summed E-state index contributed by atoms with van der Waals surface area (Å²) in [6.07, 6.45) is 3.65. The fourth-order valence-corrected chi connectivity index (χ4v) is 4.07. The Morgan fingerprint density at radius 3 is 2.44 bits per heavy atom. The minimum Gasteiger partial charge on any atom is -0.493 e. The average molecular weight is 482 g/mol. The number of carbonyl (C=O) groups excluding carboxylic acids is 2. The Hall–Kier alpha value is -3.51. The largest absolute Gasteiger partial charge is 0.493 e. The van der Waals surface area contributed by atoms with Crippen molar-refractivity contribution >= 4 is 29.4 Å². The molecule has 3 rings (SSSR count). The molecule has 0 aliphatic heterocycles. The molecule has 0 bridgehead atoms. The zero-order valence-corrected chi connectivity index (χ0v) is 20.5. The van der Waals surface area contributed by atoms with Crippen LogP contribution < -0.4 is 9.47 Å². The molecule has 34 heavy (non-hydrogen) atoms. The van der Waals surface area contributed by atoms with Crippen molar-refractivity contribution in [1.82, 2.24) is 4.57 Å². The number of carbonyl (C=O) groups is 2. The van der Waals surface area contributed by atoms with E-state index in [1.807, 2.05) is 38.1 Å². The molecule has 0 fully saturated rings.